The fraction of sp³-hybridized carbons (Fsp3) is 0.705. The molecule has 8 nitrogen and oxygen atoms in total. The molecule has 500 valence electrons. The van der Waals surface area contributed by atoms with Gasteiger partial charge in [-0.05, 0) is 96.3 Å². The average Bonchev–Trinajstić information content (AvgIpc) is 3.69. The van der Waals surface area contributed by atoms with Gasteiger partial charge in [0.1, 0.15) is 13.2 Å². The van der Waals surface area contributed by atoms with E-state index in [4.69, 9.17) is 9.05 Å². The Hall–Kier alpha value is -3.36. The first-order valence-corrected chi connectivity index (χ1v) is 37.5. The van der Waals surface area contributed by atoms with Crippen LogP contribution in [0.25, 0.3) is 0 Å². The van der Waals surface area contributed by atoms with Gasteiger partial charge in [-0.15, -0.1) is 0 Å². The van der Waals surface area contributed by atoms with E-state index in [1.165, 1.54) is 148 Å². The molecular formula is C78H138N2O6P+. The maximum atomic E-state index is 13.1. The molecule has 0 bridgehead atoms. The minimum atomic E-state index is -4.35. The highest BCUT2D eigenvalue weighted by Crippen LogP contribution is 2.43. The Morgan fingerprint density at radius 1 is 0.402 bits per heavy atom. The molecule has 0 aliphatic heterocycles. The molecule has 0 fully saturated rings. The number of rotatable bonds is 65. The van der Waals surface area contributed by atoms with Gasteiger partial charge in [-0.3, -0.25) is 13.8 Å². The lowest BCUT2D eigenvalue weighted by molar-refractivity contribution is -0.870. The second-order valence-corrected chi connectivity index (χ2v) is 26.7. The van der Waals surface area contributed by atoms with E-state index in [-0.39, 0.29) is 19.1 Å². The molecule has 3 atom stereocenters. The molecule has 0 saturated heterocycles. The molecule has 0 radical (unpaired) electrons. The van der Waals surface area contributed by atoms with Crippen molar-refractivity contribution in [3.05, 3.63) is 134 Å². The van der Waals surface area contributed by atoms with Crippen molar-refractivity contribution in [3.8, 4) is 0 Å². The van der Waals surface area contributed by atoms with Crippen molar-refractivity contribution < 1.29 is 32.9 Å². The molecule has 0 aliphatic carbocycles. The first-order chi connectivity index (χ1) is 42.5. The number of nitrogens with one attached hydrogen (secondary N) is 1. The summed E-state index contributed by atoms with van der Waals surface area (Å²) in [6.45, 7) is 4.78. The maximum Gasteiger partial charge on any atom is 0.472 e. The Bertz CT molecular complexity index is 1880. The summed E-state index contributed by atoms with van der Waals surface area (Å²) in [6, 6.07) is -0.783. The van der Waals surface area contributed by atoms with Crippen LogP contribution in [0.3, 0.4) is 0 Å². The second-order valence-electron chi connectivity index (χ2n) is 25.2. The summed E-state index contributed by atoms with van der Waals surface area (Å²) in [5.74, 6) is -0.165. The van der Waals surface area contributed by atoms with E-state index in [2.05, 4.69) is 153 Å². The lowest BCUT2D eigenvalue weighted by atomic mass is 10.0. The van der Waals surface area contributed by atoms with Crippen molar-refractivity contribution in [1.29, 1.82) is 0 Å². The van der Waals surface area contributed by atoms with Crippen LogP contribution < -0.4 is 5.32 Å². The number of nitrogens with zero attached hydrogens (tertiary/aromatic N) is 1. The van der Waals surface area contributed by atoms with E-state index in [1.807, 2.05) is 21.1 Å². The number of likely N-dealkylation sites (N-methyl/N-ethyl adjacent to an activating group) is 1. The molecule has 0 heterocycles. The normalized spacial score (nSPS) is 14.4. The number of quaternary nitrogens is 1. The summed E-state index contributed by atoms with van der Waals surface area (Å²) in [6.07, 6.45) is 101. The third-order valence-electron chi connectivity index (χ3n) is 15.7. The molecule has 0 aliphatic rings. The van der Waals surface area contributed by atoms with E-state index in [9.17, 15) is 19.4 Å². The smallest absolute Gasteiger partial charge is 0.391 e. The number of phosphoric ester groups is 1. The van der Waals surface area contributed by atoms with Crippen molar-refractivity contribution in [1.82, 2.24) is 5.32 Å². The van der Waals surface area contributed by atoms with Crippen LogP contribution in [0.1, 0.15) is 303 Å². The van der Waals surface area contributed by atoms with Gasteiger partial charge in [-0.25, -0.2) is 4.57 Å². The Kier molecular flexibility index (Phi) is 64.5. The highest BCUT2D eigenvalue weighted by atomic mass is 31.2. The van der Waals surface area contributed by atoms with E-state index >= 15 is 0 Å². The van der Waals surface area contributed by atoms with Gasteiger partial charge in [0.2, 0.25) is 5.91 Å². The Balaban J connectivity index is 4.15. The van der Waals surface area contributed by atoms with Crippen LogP contribution in [0, 0.1) is 0 Å². The lowest BCUT2D eigenvalue weighted by Gasteiger charge is -2.26. The highest BCUT2D eigenvalue weighted by Gasteiger charge is 2.28. The van der Waals surface area contributed by atoms with Crippen LogP contribution in [-0.2, 0) is 18.4 Å². The zero-order chi connectivity index (χ0) is 63.4. The van der Waals surface area contributed by atoms with Crippen molar-refractivity contribution >= 4 is 13.7 Å². The predicted octanol–water partition coefficient (Wildman–Crippen LogP) is 23.4. The van der Waals surface area contributed by atoms with Crippen LogP contribution in [0.2, 0.25) is 0 Å². The molecule has 0 rings (SSSR count). The number of aliphatic hydroxyl groups excluding tert-OH is 1. The molecule has 3 unspecified atom stereocenters. The lowest BCUT2D eigenvalue weighted by Crippen LogP contribution is -2.46. The predicted molar refractivity (Wildman–Crippen MR) is 382 cm³/mol. The van der Waals surface area contributed by atoms with Crippen LogP contribution >= 0.6 is 7.82 Å². The fourth-order valence-electron chi connectivity index (χ4n) is 10.1. The summed E-state index contributed by atoms with van der Waals surface area (Å²) in [7, 11) is 1.59. The van der Waals surface area contributed by atoms with E-state index in [0.29, 0.717) is 23.9 Å². The Morgan fingerprint density at radius 3 is 1.01 bits per heavy atom. The molecule has 0 spiro atoms. The second kappa shape index (κ2) is 67.0. The number of phosphoric acid groups is 1. The summed E-state index contributed by atoms with van der Waals surface area (Å²) in [4.78, 5) is 23.5. The first-order valence-electron chi connectivity index (χ1n) is 36.0. The molecule has 1 amide bonds. The summed E-state index contributed by atoms with van der Waals surface area (Å²) < 4.78 is 23.9. The first kappa shape index (κ1) is 83.6. The number of hydrogen-bond donors (Lipinski definition) is 3. The van der Waals surface area contributed by atoms with Gasteiger partial charge in [-0.1, -0.05) is 334 Å². The van der Waals surface area contributed by atoms with Gasteiger partial charge in [0, 0.05) is 6.42 Å². The molecule has 0 saturated carbocycles. The minimum Gasteiger partial charge on any atom is -0.391 e. The molecule has 9 heteroatoms. The molecular weight excluding hydrogens is 1090 g/mol. The SMILES string of the molecule is CC/C=C\C/C=C\C/C=C\C/C=C\C/C=C\C/C=C\C/C=C\C/C=C\C/C=C\C/C=C\C/C=C\CCCCCCCC(=O)NC(COP(=O)(O)OCC[N+](C)(C)C)C(O)CCCCCCCCCCCCCCCCCCCCCCCCCCCC. The Morgan fingerprint density at radius 2 is 0.690 bits per heavy atom. The average molecular weight is 1230 g/mol. The van der Waals surface area contributed by atoms with Crippen molar-refractivity contribution in [2.75, 3.05) is 40.9 Å². The van der Waals surface area contributed by atoms with Gasteiger partial charge < -0.3 is 19.8 Å². The van der Waals surface area contributed by atoms with E-state index in [1.54, 1.807) is 0 Å². The van der Waals surface area contributed by atoms with Gasteiger partial charge in [0.05, 0.1) is 39.9 Å². The van der Waals surface area contributed by atoms with Gasteiger partial charge in [0.25, 0.3) is 0 Å². The van der Waals surface area contributed by atoms with Gasteiger partial charge in [0.15, 0.2) is 0 Å². The van der Waals surface area contributed by atoms with Gasteiger partial charge >= 0.3 is 7.82 Å². The molecule has 87 heavy (non-hydrogen) atoms. The highest BCUT2D eigenvalue weighted by molar-refractivity contribution is 7.47. The van der Waals surface area contributed by atoms with Crippen LogP contribution in [0.5, 0.6) is 0 Å². The van der Waals surface area contributed by atoms with Crippen LogP contribution in [-0.4, -0.2) is 73.4 Å². The number of allylic oxidation sites excluding steroid dienone is 22. The van der Waals surface area contributed by atoms with Crippen LogP contribution in [0.15, 0.2) is 134 Å². The zero-order valence-corrected chi connectivity index (χ0v) is 58.1. The molecule has 3 N–H and O–H groups in total. The maximum absolute atomic E-state index is 13.1. The van der Waals surface area contributed by atoms with Crippen molar-refractivity contribution in [3.63, 3.8) is 0 Å². The third-order valence-corrected chi connectivity index (χ3v) is 16.6. The van der Waals surface area contributed by atoms with E-state index < -0.39 is 20.0 Å². The minimum absolute atomic E-state index is 0.0644. The largest absolute Gasteiger partial charge is 0.472 e. The quantitative estimate of drug-likeness (QED) is 0.0243. The van der Waals surface area contributed by atoms with Gasteiger partial charge in [-0.2, -0.15) is 0 Å². The monoisotopic (exact) mass is 1230 g/mol. The van der Waals surface area contributed by atoms with Crippen molar-refractivity contribution in [2.45, 2.75) is 315 Å². The summed E-state index contributed by atoms with van der Waals surface area (Å²) >= 11 is 0. The summed E-state index contributed by atoms with van der Waals surface area (Å²) in [5.41, 5.74) is 0. The topological polar surface area (TPSA) is 105 Å². The van der Waals surface area contributed by atoms with Crippen LogP contribution in [0.4, 0.5) is 0 Å². The number of aliphatic hydroxyl groups is 1. The van der Waals surface area contributed by atoms with Crippen molar-refractivity contribution in [2.24, 2.45) is 0 Å². The number of amides is 1. The number of hydrogen-bond acceptors (Lipinski definition) is 5. The number of carbonyl (C=O) groups excluding carboxylic acids is 1. The standard InChI is InChI=1S/C78H137N2O6P/c1-6-8-10-12-14-16-18-20-22-24-26-28-30-32-34-35-36-37-38-39-40-41-42-43-44-45-46-48-50-52-54-56-58-60-62-64-66-68-70-72-78(82)79-76(75-86-87(83,84)85-74-73-80(3,4)5)77(81)71-69-67-65-63-61-59-57-55-53-51-49-47-33-31-29-27-25-23-21-19-17-15-13-11-9-7-2/h8,10,14,16,20,22,26,28,32,34,36-37,39-40,42-43,45-46,50,52,56,58,76-77,81H,6-7,9,11-13,15,17-19,21,23-25,27,29-31,33,35,38,41,44,47-49,51,53-55,57,59-75H2,1-5H3,(H-,79,82,83,84)/p+1/b10-8-,16-14-,22-20-,28-26-,34-32-,37-36-,40-39-,43-42-,46-45-,52-50-,58-56-. The summed E-state index contributed by atoms with van der Waals surface area (Å²) in [5, 5.41) is 14.1. The van der Waals surface area contributed by atoms with E-state index in [0.717, 1.165) is 128 Å². The molecule has 0 aromatic carbocycles. The number of carbonyl (C=O) groups is 1. The Labute approximate surface area is 538 Å². The third kappa shape index (κ3) is 70.0. The fourth-order valence-corrected chi connectivity index (χ4v) is 10.8. The molecule has 0 aromatic heterocycles. The molecule has 0 aromatic rings. The zero-order valence-electron chi connectivity index (χ0n) is 57.2. The number of unbranched alkanes of at least 4 members (excludes halogenated alkanes) is 30.